The van der Waals surface area contributed by atoms with Crippen molar-refractivity contribution < 1.29 is 9.13 Å². The standard InChI is InChI=1S/C23H19FN6O2/c1-2-32-22-27-30(23(31)28(22)14-16-8-10-17(24)11-9-16)21-7-3-6-20-19(21)15-29(26-20)18-5-4-12-25-13-18/h3-13,15H,2,14H2,1H3. The molecule has 0 amide bonds. The smallest absolute Gasteiger partial charge is 0.353 e. The lowest BCUT2D eigenvalue weighted by atomic mass is 10.2. The van der Waals surface area contributed by atoms with Crippen molar-refractivity contribution in [3.05, 3.63) is 95.1 Å². The van der Waals surface area contributed by atoms with Gasteiger partial charge in [-0.2, -0.15) is 9.78 Å². The Bertz CT molecular complexity index is 1440. The predicted molar refractivity (Wildman–Crippen MR) is 117 cm³/mol. The van der Waals surface area contributed by atoms with Gasteiger partial charge in [0, 0.05) is 17.8 Å². The van der Waals surface area contributed by atoms with E-state index in [9.17, 15) is 9.18 Å². The highest BCUT2D eigenvalue weighted by Crippen LogP contribution is 2.23. The van der Waals surface area contributed by atoms with Crippen molar-refractivity contribution >= 4 is 10.9 Å². The minimum absolute atomic E-state index is 0.193. The molecule has 9 heteroatoms. The van der Waals surface area contributed by atoms with Gasteiger partial charge in [0.1, 0.15) is 5.82 Å². The zero-order chi connectivity index (χ0) is 22.1. The molecule has 32 heavy (non-hydrogen) atoms. The first-order valence-electron chi connectivity index (χ1n) is 10.1. The summed E-state index contributed by atoms with van der Waals surface area (Å²) in [5.74, 6) is -0.334. The van der Waals surface area contributed by atoms with E-state index in [4.69, 9.17) is 4.74 Å². The van der Waals surface area contributed by atoms with Crippen molar-refractivity contribution in [1.29, 1.82) is 0 Å². The Morgan fingerprint density at radius 3 is 2.62 bits per heavy atom. The zero-order valence-electron chi connectivity index (χ0n) is 17.2. The number of halogens is 1. The number of aromatic nitrogens is 6. The number of hydrogen-bond acceptors (Lipinski definition) is 5. The maximum absolute atomic E-state index is 13.3. The Labute approximate surface area is 182 Å². The number of ether oxygens (including phenoxy) is 1. The fraction of sp³-hybridized carbons (Fsp3) is 0.130. The average Bonchev–Trinajstić information content (AvgIpc) is 3.38. The van der Waals surface area contributed by atoms with E-state index in [1.807, 2.05) is 43.5 Å². The van der Waals surface area contributed by atoms with Gasteiger partial charge in [-0.3, -0.25) is 4.98 Å². The molecule has 0 radical (unpaired) electrons. The average molecular weight is 430 g/mol. The Morgan fingerprint density at radius 1 is 1.03 bits per heavy atom. The third kappa shape index (κ3) is 3.53. The van der Waals surface area contributed by atoms with E-state index < -0.39 is 0 Å². The summed E-state index contributed by atoms with van der Waals surface area (Å²) in [7, 11) is 0. The van der Waals surface area contributed by atoms with E-state index in [1.165, 1.54) is 21.4 Å². The van der Waals surface area contributed by atoms with Gasteiger partial charge in [-0.15, -0.1) is 5.10 Å². The molecule has 0 saturated heterocycles. The van der Waals surface area contributed by atoms with Crippen LogP contribution in [-0.2, 0) is 6.54 Å². The van der Waals surface area contributed by atoms with Crippen molar-refractivity contribution in [2.24, 2.45) is 0 Å². The molecular formula is C23H19FN6O2. The zero-order valence-corrected chi connectivity index (χ0v) is 17.2. The minimum Gasteiger partial charge on any atom is -0.464 e. The predicted octanol–water partition coefficient (Wildman–Crippen LogP) is 3.35. The minimum atomic E-state index is -0.362. The number of fused-ring (bicyclic) bond motifs is 1. The van der Waals surface area contributed by atoms with Gasteiger partial charge < -0.3 is 4.74 Å². The Balaban J connectivity index is 1.62. The summed E-state index contributed by atoms with van der Waals surface area (Å²) in [5.41, 5.74) is 2.50. The van der Waals surface area contributed by atoms with Crippen molar-refractivity contribution in [1.82, 2.24) is 29.1 Å². The molecule has 0 bridgehead atoms. The quantitative estimate of drug-likeness (QED) is 0.413. The molecule has 5 rings (SSSR count). The number of pyridine rings is 1. The van der Waals surface area contributed by atoms with Crippen LogP contribution in [-0.4, -0.2) is 35.7 Å². The SMILES string of the molecule is CCOc1nn(-c2cccc3nn(-c4cccnc4)cc23)c(=O)n1Cc1ccc(F)cc1. The first-order valence-corrected chi connectivity index (χ1v) is 10.1. The first-order chi connectivity index (χ1) is 15.6. The van der Waals surface area contributed by atoms with E-state index in [1.54, 1.807) is 29.2 Å². The van der Waals surface area contributed by atoms with Crippen molar-refractivity contribution in [3.63, 3.8) is 0 Å². The van der Waals surface area contributed by atoms with Crippen LogP contribution in [0.25, 0.3) is 22.3 Å². The second kappa shape index (κ2) is 8.10. The summed E-state index contributed by atoms with van der Waals surface area (Å²) in [4.78, 5) is 17.5. The topological polar surface area (TPSA) is 79.8 Å². The fourth-order valence-corrected chi connectivity index (χ4v) is 3.51. The number of hydrogen-bond donors (Lipinski definition) is 0. The second-order valence-electron chi connectivity index (χ2n) is 7.12. The highest BCUT2D eigenvalue weighted by Gasteiger charge is 2.19. The van der Waals surface area contributed by atoms with Crippen molar-refractivity contribution in [2.45, 2.75) is 13.5 Å². The fourth-order valence-electron chi connectivity index (χ4n) is 3.51. The van der Waals surface area contributed by atoms with Gasteiger partial charge in [0.2, 0.25) is 0 Å². The third-order valence-electron chi connectivity index (χ3n) is 5.02. The molecule has 0 N–H and O–H groups in total. The van der Waals surface area contributed by atoms with Crippen molar-refractivity contribution in [3.8, 4) is 17.4 Å². The second-order valence-corrected chi connectivity index (χ2v) is 7.12. The molecule has 160 valence electrons. The monoisotopic (exact) mass is 430 g/mol. The van der Waals surface area contributed by atoms with Crippen LogP contribution in [0.5, 0.6) is 6.01 Å². The van der Waals surface area contributed by atoms with Gasteiger partial charge in [-0.05, 0) is 48.9 Å². The molecule has 5 aromatic rings. The molecule has 8 nitrogen and oxygen atoms in total. The van der Waals surface area contributed by atoms with Crippen LogP contribution in [0.2, 0.25) is 0 Å². The van der Waals surface area contributed by atoms with Crippen LogP contribution < -0.4 is 10.4 Å². The van der Waals surface area contributed by atoms with Crippen LogP contribution in [0.3, 0.4) is 0 Å². The third-order valence-corrected chi connectivity index (χ3v) is 5.02. The van der Waals surface area contributed by atoms with Gasteiger partial charge in [-0.1, -0.05) is 18.2 Å². The van der Waals surface area contributed by atoms with Crippen LogP contribution in [0.15, 0.2) is 78.0 Å². The van der Waals surface area contributed by atoms with Gasteiger partial charge in [0.25, 0.3) is 0 Å². The maximum Gasteiger partial charge on any atom is 0.353 e. The van der Waals surface area contributed by atoms with Gasteiger partial charge in [0.15, 0.2) is 0 Å². The number of rotatable bonds is 6. The first kappa shape index (κ1) is 19.7. The molecule has 3 heterocycles. The van der Waals surface area contributed by atoms with E-state index >= 15 is 0 Å². The Hall–Kier alpha value is -4.27. The Kier molecular flexibility index (Phi) is 4.98. The van der Waals surface area contributed by atoms with Gasteiger partial charge in [-0.25, -0.2) is 18.4 Å². The summed E-state index contributed by atoms with van der Waals surface area (Å²) in [6, 6.07) is 15.4. The molecule has 2 aromatic carbocycles. The van der Waals surface area contributed by atoms with E-state index in [2.05, 4.69) is 15.2 Å². The molecule has 0 saturated carbocycles. The van der Waals surface area contributed by atoms with Crippen LogP contribution in [0.4, 0.5) is 4.39 Å². The van der Waals surface area contributed by atoms with Crippen LogP contribution in [0.1, 0.15) is 12.5 Å². The molecule has 0 aliphatic heterocycles. The van der Waals surface area contributed by atoms with E-state index in [-0.39, 0.29) is 24.1 Å². The summed E-state index contributed by atoms with van der Waals surface area (Å²) in [6.07, 6.45) is 5.25. The molecule has 0 spiro atoms. The lowest BCUT2D eigenvalue weighted by molar-refractivity contribution is 0.296. The highest BCUT2D eigenvalue weighted by atomic mass is 19.1. The summed E-state index contributed by atoms with van der Waals surface area (Å²) in [6.45, 7) is 2.38. The lowest BCUT2D eigenvalue weighted by Crippen LogP contribution is -2.24. The number of nitrogens with zero attached hydrogens (tertiary/aromatic N) is 6. The highest BCUT2D eigenvalue weighted by molar-refractivity contribution is 5.87. The summed E-state index contributed by atoms with van der Waals surface area (Å²) >= 11 is 0. The maximum atomic E-state index is 13.3. The van der Waals surface area contributed by atoms with Gasteiger partial charge >= 0.3 is 11.7 Å². The molecule has 0 aliphatic rings. The van der Waals surface area contributed by atoms with Crippen LogP contribution >= 0.6 is 0 Å². The normalized spacial score (nSPS) is 11.2. The molecule has 0 fully saturated rings. The molecule has 0 unspecified atom stereocenters. The van der Waals surface area contributed by atoms with E-state index in [0.29, 0.717) is 17.8 Å². The van der Waals surface area contributed by atoms with Gasteiger partial charge in [0.05, 0.1) is 36.2 Å². The summed E-state index contributed by atoms with van der Waals surface area (Å²) in [5, 5.41) is 9.79. The lowest BCUT2D eigenvalue weighted by Gasteiger charge is -2.05. The van der Waals surface area contributed by atoms with Crippen molar-refractivity contribution in [2.75, 3.05) is 6.61 Å². The molecular weight excluding hydrogens is 411 g/mol. The molecule has 3 aromatic heterocycles. The number of benzene rings is 2. The largest absolute Gasteiger partial charge is 0.464 e. The van der Waals surface area contributed by atoms with E-state index in [0.717, 1.165) is 16.6 Å². The molecule has 0 aliphatic carbocycles. The Morgan fingerprint density at radius 2 is 1.88 bits per heavy atom. The molecule has 0 atom stereocenters. The van der Waals surface area contributed by atoms with Crippen LogP contribution in [0, 0.1) is 5.82 Å². The summed E-state index contributed by atoms with van der Waals surface area (Å²) < 4.78 is 23.4.